The van der Waals surface area contributed by atoms with E-state index in [1.165, 1.54) is 19.2 Å². The van der Waals surface area contributed by atoms with Crippen LogP contribution in [0, 0.1) is 3.57 Å². The van der Waals surface area contributed by atoms with Crippen LogP contribution < -0.4 is 14.8 Å². The summed E-state index contributed by atoms with van der Waals surface area (Å²) in [5.41, 5.74) is 0.530. The van der Waals surface area contributed by atoms with Crippen LogP contribution in [-0.2, 0) is 10.0 Å². The fourth-order valence-electron chi connectivity index (χ4n) is 2.26. The number of hydrogen-bond acceptors (Lipinski definition) is 4. The van der Waals surface area contributed by atoms with E-state index in [-0.39, 0.29) is 22.1 Å². The molecule has 0 aliphatic carbocycles. The molecule has 0 radical (unpaired) electrons. The molecule has 0 saturated carbocycles. The molecule has 0 spiro atoms. The molecule has 0 unspecified atom stereocenters. The van der Waals surface area contributed by atoms with Gasteiger partial charge in [-0.25, -0.2) is 8.42 Å². The third kappa shape index (κ3) is 5.10. The van der Waals surface area contributed by atoms with Gasteiger partial charge < -0.3 is 10.1 Å². The monoisotopic (exact) mass is 488 g/mol. The van der Waals surface area contributed by atoms with Crippen LogP contribution in [0.3, 0.4) is 0 Å². The van der Waals surface area contributed by atoms with E-state index in [1.54, 1.807) is 30.3 Å². The number of hydrogen-bond donors (Lipinski definition) is 2. The van der Waals surface area contributed by atoms with Crippen LogP contribution in [0.25, 0.3) is 0 Å². The van der Waals surface area contributed by atoms with Gasteiger partial charge in [0, 0.05) is 6.54 Å². The Morgan fingerprint density at radius 2 is 1.92 bits per heavy atom. The number of methoxy groups -OCH3 is 1. The molecule has 6 nitrogen and oxygen atoms in total. The average molecular weight is 488 g/mol. The number of benzene rings is 2. The third-order valence-electron chi connectivity index (χ3n) is 3.67. The van der Waals surface area contributed by atoms with E-state index in [4.69, 9.17) is 4.74 Å². The summed E-state index contributed by atoms with van der Waals surface area (Å²) in [5, 5.41) is 2.80. The molecule has 1 amide bonds. The zero-order valence-corrected chi connectivity index (χ0v) is 17.6. The van der Waals surface area contributed by atoms with Crippen LogP contribution >= 0.6 is 22.6 Å². The number of sulfonamides is 1. The summed E-state index contributed by atoms with van der Waals surface area (Å²) in [5.74, 6) is 0.293. The van der Waals surface area contributed by atoms with E-state index in [1.807, 2.05) is 29.5 Å². The number of unbranched alkanes of at least 4 members (excludes halogenated alkanes) is 1. The molecule has 140 valence electrons. The molecular weight excluding hydrogens is 467 g/mol. The average Bonchev–Trinajstić information content (AvgIpc) is 2.62. The van der Waals surface area contributed by atoms with Gasteiger partial charge in [0.1, 0.15) is 5.75 Å². The van der Waals surface area contributed by atoms with Crippen LogP contribution in [0.5, 0.6) is 5.75 Å². The first-order valence-electron chi connectivity index (χ1n) is 8.12. The number of carbonyl (C=O) groups is 1. The first kappa shape index (κ1) is 20.5. The lowest BCUT2D eigenvalue weighted by Gasteiger charge is -2.13. The van der Waals surface area contributed by atoms with E-state index in [9.17, 15) is 13.2 Å². The lowest BCUT2D eigenvalue weighted by molar-refractivity contribution is 0.0954. The van der Waals surface area contributed by atoms with Crippen molar-refractivity contribution in [2.45, 2.75) is 24.7 Å². The van der Waals surface area contributed by atoms with Crippen LogP contribution in [0.15, 0.2) is 47.4 Å². The van der Waals surface area contributed by atoms with E-state index in [2.05, 4.69) is 10.0 Å². The molecule has 0 heterocycles. The predicted molar refractivity (Wildman–Crippen MR) is 110 cm³/mol. The molecule has 2 rings (SSSR count). The van der Waals surface area contributed by atoms with Crippen molar-refractivity contribution in [2.75, 3.05) is 18.4 Å². The minimum Gasteiger partial charge on any atom is -0.496 e. The molecule has 0 aliphatic heterocycles. The third-order valence-corrected chi connectivity index (χ3v) is 5.87. The van der Waals surface area contributed by atoms with E-state index in [0.717, 1.165) is 12.8 Å². The minimum atomic E-state index is -3.83. The molecule has 8 heteroatoms. The van der Waals surface area contributed by atoms with Gasteiger partial charge in [-0.1, -0.05) is 25.5 Å². The number of para-hydroxylation sites is 1. The largest absolute Gasteiger partial charge is 0.496 e. The van der Waals surface area contributed by atoms with Gasteiger partial charge >= 0.3 is 0 Å². The summed E-state index contributed by atoms with van der Waals surface area (Å²) in [6.45, 7) is 2.58. The lowest BCUT2D eigenvalue weighted by Crippen LogP contribution is -2.26. The molecule has 0 bridgehead atoms. The molecule has 2 aromatic carbocycles. The van der Waals surface area contributed by atoms with Crippen molar-refractivity contribution < 1.29 is 17.9 Å². The molecule has 0 aromatic heterocycles. The highest BCUT2D eigenvalue weighted by atomic mass is 127. The topological polar surface area (TPSA) is 84.5 Å². The Morgan fingerprint density at radius 1 is 1.19 bits per heavy atom. The molecule has 0 aliphatic rings. The number of halogens is 1. The van der Waals surface area contributed by atoms with Gasteiger partial charge in [-0.15, -0.1) is 0 Å². The fourth-order valence-corrected chi connectivity index (χ4v) is 4.31. The Bertz CT molecular complexity index is 885. The van der Waals surface area contributed by atoms with Crippen molar-refractivity contribution in [1.82, 2.24) is 5.32 Å². The quantitative estimate of drug-likeness (QED) is 0.439. The molecule has 0 saturated heterocycles. The summed E-state index contributed by atoms with van der Waals surface area (Å²) in [7, 11) is -2.31. The van der Waals surface area contributed by atoms with Crippen molar-refractivity contribution in [3.8, 4) is 5.75 Å². The van der Waals surface area contributed by atoms with Crippen LogP contribution in [0.4, 0.5) is 5.69 Å². The van der Waals surface area contributed by atoms with Gasteiger partial charge in [0.2, 0.25) is 0 Å². The van der Waals surface area contributed by atoms with Crippen molar-refractivity contribution in [1.29, 1.82) is 0 Å². The highest BCUT2D eigenvalue weighted by molar-refractivity contribution is 14.1. The molecule has 0 atom stereocenters. The normalized spacial score (nSPS) is 11.0. The summed E-state index contributed by atoms with van der Waals surface area (Å²) >= 11 is 2.01. The van der Waals surface area contributed by atoms with Crippen molar-refractivity contribution in [3.05, 3.63) is 51.6 Å². The summed E-state index contributed by atoms with van der Waals surface area (Å²) in [6, 6.07) is 11.1. The highest BCUT2D eigenvalue weighted by Crippen LogP contribution is 2.26. The minimum absolute atomic E-state index is 0.101. The van der Waals surface area contributed by atoms with Crippen molar-refractivity contribution in [3.63, 3.8) is 0 Å². The number of ether oxygens (including phenoxy) is 1. The number of nitrogens with one attached hydrogen (secondary N) is 2. The second-order valence-electron chi connectivity index (χ2n) is 5.56. The smallest absolute Gasteiger partial charge is 0.261 e. The summed E-state index contributed by atoms with van der Waals surface area (Å²) < 4.78 is 33.7. The zero-order chi connectivity index (χ0) is 19.2. The molecule has 0 fully saturated rings. The predicted octanol–water partition coefficient (Wildman–Crippen LogP) is 3.63. The van der Waals surface area contributed by atoms with Crippen LogP contribution in [0.2, 0.25) is 0 Å². The van der Waals surface area contributed by atoms with Crippen molar-refractivity contribution >= 4 is 44.2 Å². The standard InChI is InChI=1S/C18H21IN2O4S/c1-3-4-11-20-18(22)14-7-5-6-8-16(14)21-26(23,24)13-9-10-17(25-2)15(19)12-13/h5-10,12,21H,3-4,11H2,1-2H3,(H,20,22). The first-order valence-corrected chi connectivity index (χ1v) is 10.7. The lowest BCUT2D eigenvalue weighted by atomic mass is 10.1. The first-order chi connectivity index (χ1) is 12.4. The van der Waals surface area contributed by atoms with E-state index in [0.29, 0.717) is 15.9 Å². The summed E-state index contributed by atoms with van der Waals surface area (Å²) in [4.78, 5) is 12.4. The van der Waals surface area contributed by atoms with Crippen LogP contribution in [-0.4, -0.2) is 28.0 Å². The number of carbonyl (C=O) groups excluding carboxylic acids is 1. The van der Waals surface area contributed by atoms with Gasteiger partial charge in [0.05, 0.1) is 26.8 Å². The molecule has 2 aromatic rings. The Balaban J connectivity index is 2.27. The Morgan fingerprint density at radius 3 is 2.58 bits per heavy atom. The van der Waals surface area contributed by atoms with E-state index < -0.39 is 10.0 Å². The van der Waals surface area contributed by atoms with Gasteiger partial charge in [-0.05, 0) is 59.3 Å². The number of anilines is 1. The maximum Gasteiger partial charge on any atom is 0.261 e. The van der Waals surface area contributed by atoms with Gasteiger partial charge in [0.25, 0.3) is 15.9 Å². The molecular formula is C18H21IN2O4S. The Hall–Kier alpha value is -1.81. The maximum atomic E-state index is 12.7. The van der Waals surface area contributed by atoms with Gasteiger partial charge in [0.15, 0.2) is 0 Å². The van der Waals surface area contributed by atoms with Crippen molar-refractivity contribution in [2.24, 2.45) is 0 Å². The van der Waals surface area contributed by atoms with E-state index >= 15 is 0 Å². The van der Waals surface area contributed by atoms with Gasteiger partial charge in [-0.2, -0.15) is 0 Å². The zero-order valence-electron chi connectivity index (χ0n) is 14.6. The second kappa shape index (κ2) is 9.22. The number of rotatable bonds is 8. The second-order valence-corrected chi connectivity index (χ2v) is 8.40. The summed E-state index contributed by atoms with van der Waals surface area (Å²) in [6.07, 6.45) is 1.83. The Kier molecular flexibility index (Phi) is 7.27. The number of amides is 1. The van der Waals surface area contributed by atoms with Gasteiger partial charge in [-0.3, -0.25) is 9.52 Å². The fraction of sp³-hybridized carbons (Fsp3) is 0.278. The van der Waals surface area contributed by atoms with Crippen LogP contribution in [0.1, 0.15) is 30.1 Å². The SMILES string of the molecule is CCCCNC(=O)c1ccccc1NS(=O)(=O)c1ccc(OC)c(I)c1. The maximum absolute atomic E-state index is 12.7. The molecule has 26 heavy (non-hydrogen) atoms. The molecule has 2 N–H and O–H groups in total. The Labute approximate surface area is 167 Å². The highest BCUT2D eigenvalue weighted by Gasteiger charge is 2.19.